The van der Waals surface area contributed by atoms with Crippen LogP contribution in [0.5, 0.6) is 5.75 Å². The minimum atomic E-state index is -0.629. The molecule has 0 saturated heterocycles. The molecule has 0 saturated carbocycles. The van der Waals surface area contributed by atoms with Gasteiger partial charge in [-0.05, 0) is 42.0 Å². The second-order valence-corrected chi connectivity index (χ2v) is 6.43. The maximum Gasteiger partial charge on any atom is 0.265 e. The highest BCUT2D eigenvalue weighted by atomic mass is 35.5. The number of aromatic nitrogens is 3. The predicted molar refractivity (Wildman–Crippen MR) is 94.6 cm³/mol. The number of hydrogen-bond donors (Lipinski definition) is 1. The third-order valence-corrected chi connectivity index (χ3v) is 4.34. The van der Waals surface area contributed by atoms with Crippen LogP contribution in [0.4, 0.5) is 5.69 Å². The molecule has 0 bridgehead atoms. The number of hydrogen-bond acceptors (Lipinski definition) is 4. The Morgan fingerprint density at radius 2 is 2.00 bits per heavy atom. The molecule has 0 radical (unpaired) electrons. The quantitative estimate of drug-likeness (QED) is 0.761. The fourth-order valence-corrected chi connectivity index (χ4v) is 3.08. The second-order valence-electron chi connectivity index (χ2n) is 5.55. The second kappa shape index (κ2) is 6.38. The summed E-state index contributed by atoms with van der Waals surface area (Å²) in [4.78, 5) is 16.6. The lowest BCUT2D eigenvalue weighted by Crippen LogP contribution is -2.31. The zero-order chi connectivity index (χ0) is 17.4. The molecular formula is C17H12Cl2N4O2. The van der Waals surface area contributed by atoms with Gasteiger partial charge in [0.1, 0.15) is 18.4 Å². The topological polar surface area (TPSA) is 69.0 Å². The highest BCUT2D eigenvalue weighted by Gasteiger charge is 2.29. The van der Waals surface area contributed by atoms with E-state index in [1.807, 2.05) is 6.07 Å². The summed E-state index contributed by atoms with van der Waals surface area (Å²) in [5, 5.41) is 8.07. The zero-order valence-electron chi connectivity index (χ0n) is 12.8. The number of nitrogens with one attached hydrogen (secondary N) is 1. The number of ether oxygens (including phenoxy) is 1. The van der Waals surface area contributed by atoms with Crippen LogP contribution in [0.3, 0.4) is 0 Å². The first-order chi connectivity index (χ1) is 12.1. The van der Waals surface area contributed by atoms with E-state index in [0.29, 0.717) is 33.6 Å². The van der Waals surface area contributed by atoms with Crippen molar-refractivity contribution in [2.45, 2.75) is 12.5 Å². The minimum Gasteiger partial charge on any atom is -0.480 e. The number of anilines is 1. The summed E-state index contributed by atoms with van der Waals surface area (Å²) in [5.41, 5.74) is 2.10. The number of carbonyl (C=O) groups is 1. The number of amides is 1. The van der Waals surface area contributed by atoms with E-state index in [1.54, 1.807) is 41.3 Å². The molecule has 1 amide bonds. The van der Waals surface area contributed by atoms with E-state index in [-0.39, 0.29) is 5.91 Å². The van der Waals surface area contributed by atoms with Gasteiger partial charge >= 0.3 is 0 Å². The van der Waals surface area contributed by atoms with Gasteiger partial charge in [0, 0.05) is 16.5 Å². The van der Waals surface area contributed by atoms with Crippen LogP contribution >= 0.6 is 23.2 Å². The molecule has 0 unspecified atom stereocenters. The molecule has 3 aromatic rings. The standard InChI is InChI=1S/C17H12Cl2N4O2/c18-11-2-4-15-10(5-11)6-16(25-15)17(24)22-13-7-12(19)1-3-14(13)23-9-20-8-21-23/h1-5,7-9,16H,6H2,(H,22,24)/t16-/m0/s1. The number of nitrogens with zero attached hydrogens (tertiary/aromatic N) is 3. The molecule has 0 spiro atoms. The van der Waals surface area contributed by atoms with E-state index in [9.17, 15) is 4.79 Å². The van der Waals surface area contributed by atoms with Gasteiger partial charge in [0.05, 0.1) is 11.4 Å². The number of carbonyl (C=O) groups excluding carboxylic acids is 1. The Morgan fingerprint density at radius 3 is 2.80 bits per heavy atom. The van der Waals surface area contributed by atoms with Crippen molar-refractivity contribution in [1.82, 2.24) is 14.8 Å². The van der Waals surface area contributed by atoms with Crippen LogP contribution in [0.15, 0.2) is 49.1 Å². The van der Waals surface area contributed by atoms with Crippen LogP contribution in [-0.4, -0.2) is 26.8 Å². The first-order valence-corrected chi connectivity index (χ1v) is 8.26. The summed E-state index contributed by atoms with van der Waals surface area (Å²) in [6.07, 6.45) is 2.79. The van der Waals surface area contributed by atoms with Crippen LogP contribution < -0.4 is 10.1 Å². The van der Waals surface area contributed by atoms with Crippen molar-refractivity contribution in [2.75, 3.05) is 5.32 Å². The molecular weight excluding hydrogens is 363 g/mol. The fraction of sp³-hybridized carbons (Fsp3) is 0.118. The van der Waals surface area contributed by atoms with Gasteiger partial charge in [0.15, 0.2) is 6.10 Å². The van der Waals surface area contributed by atoms with E-state index in [2.05, 4.69) is 15.4 Å². The van der Waals surface area contributed by atoms with Gasteiger partial charge in [-0.15, -0.1) is 0 Å². The van der Waals surface area contributed by atoms with Gasteiger partial charge in [-0.3, -0.25) is 4.79 Å². The molecule has 1 aliphatic heterocycles. The number of fused-ring (bicyclic) bond motifs is 1. The molecule has 1 aromatic heterocycles. The summed E-state index contributed by atoms with van der Waals surface area (Å²) in [6.45, 7) is 0. The highest BCUT2D eigenvalue weighted by Crippen LogP contribution is 2.32. The molecule has 2 heterocycles. The Morgan fingerprint density at radius 1 is 1.20 bits per heavy atom. The van der Waals surface area contributed by atoms with Crippen LogP contribution in [0.25, 0.3) is 5.69 Å². The fourth-order valence-electron chi connectivity index (χ4n) is 2.72. The molecule has 0 fully saturated rings. The van der Waals surface area contributed by atoms with Crippen LogP contribution in [0.2, 0.25) is 10.0 Å². The maximum absolute atomic E-state index is 12.6. The van der Waals surface area contributed by atoms with E-state index < -0.39 is 6.10 Å². The SMILES string of the molecule is O=C(Nc1cc(Cl)ccc1-n1cncn1)[C@@H]1Cc2cc(Cl)ccc2O1. The van der Waals surface area contributed by atoms with Crippen LogP contribution in [-0.2, 0) is 11.2 Å². The Hall–Kier alpha value is -2.57. The van der Waals surface area contributed by atoms with E-state index in [4.69, 9.17) is 27.9 Å². The van der Waals surface area contributed by atoms with Gasteiger partial charge < -0.3 is 10.1 Å². The Bertz CT molecular complexity index is 944. The summed E-state index contributed by atoms with van der Waals surface area (Å²) in [5.74, 6) is 0.406. The Labute approximate surface area is 153 Å². The van der Waals surface area contributed by atoms with Crippen molar-refractivity contribution in [3.63, 3.8) is 0 Å². The molecule has 4 rings (SSSR count). The van der Waals surface area contributed by atoms with Gasteiger partial charge in [-0.2, -0.15) is 5.10 Å². The molecule has 2 aromatic carbocycles. The van der Waals surface area contributed by atoms with E-state index in [0.717, 1.165) is 5.56 Å². The lowest BCUT2D eigenvalue weighted by atomic mass is 10.1. The van der Waals surface area contributed by atoms with Crippen molar-refractivity contribution < 1.29 is 9.53 Å². The summed E-state index contributed by atoms with van der Waals surface area (Å²) in [6, 6.07) is 10.5. The van der Waals surface area contributed by atoms with Gasteiger partial charge in [0.25, 0.3) is 5.91 Å². The molecule has 25 heavy (non-hydrogen) atoms. The van der Waals surface area contributed by atoms with Crippen molar-refractivity contribution >= 4 is 34.8 Å². The third-order valence-electron chi connectivity index (χ3n) is 3.87. The normalized spacial score (nSPS) is 15.5. The summed E-state index contributed by atoms with van der Waals surface area (Å²) in [7, 11) is 0. The zero-order valence-corrected chi connectivity index (χ0v) is 14.3. The number of benzene rings is 2. The molecule has 0 aliphatic carbocycles. The van der Waals surface area contributed by atoms with Crippen molar-refractivity contribution in [2.24, 2.45) is 0 Å². The summed E-state index contributed by atoms with van der Waals surface area (Å²) < 4.78 is 7.27. The average Bonchev–Trinajstić information content (AvgIpc) is 3.23. The van der Waals surface area contributed by atoms with Crippen LogP contribution in [0, 0.1) is 0 Å². The lowest BCUT2D eigenvalue weighted by molar-refractivity contribution is -0.122. The van der Waals surface area contributed by atoms with Crippen molar-refractivity contribution in [1.29, 1.82) is 0 Å². The molecule has 126 valence electrons. The average molecular weight is 375 g/mol. The number of halogens is 2. The molecule has 6 nitrogen and oxygen atoms in total. The van der Waals surface area contributed by atoms with Crippen molar-refractivity contribution in [3.05, 3.63) is 64.7 Å². The lowest BCUT2D eigenvalue weighted by Gasteiger charge is -2.14. The van der Waals surface area contributed by atoms with Crippen molar-refractivity contribution in [3.8, 4) is 11.4 Å². The monoisotopic (exact) mass is 374 g/mol. The molecule has 1 N–H and O–H groups in total. The first kappa shape index (κ1) is 15.9. The van der Waals surface area contributed by atoms with E-state index >= 15 is 0 Å². The largest absolute Gasteiger partial charge is 0.480 e. The minimum absolute atomic E-state index is 0.268. The van der Waals surface area contributed by atoms with Gasteiger partial charge in [-0.1, -0.05) is 23.2 Å². The highest BCUT2D eigenvalue weighted by molar-refractivity contribution is 6.31. The molecule has 1 atom stereocenters. The van der Waals surface area contributed by atoms with Crippen LogP contribution in [0.1, 0.15) is 5.56 Å². The van der Waals surface area contributed by atoms with E-state index in [1.165, 1.54) is 6.33 Å². The maximum atomic E-state index is 12.6. The predicted octanol–water partition coefficient (Wildman–Crippen LogP) is 3.52. The third kappa shape index (κ3) is 3.18. The Balaban J connectivity index is 1.57. The van der Waals surface area contributed by atoms with Gasteiger partial charge in [-0.25, -0.2) is 9.67 Å². The summed E-state index contributed by atoms with van der Waals surface area (Å²) >= 11 is 12.1. The number of rotatable bonds is 3. The Kier molecular flexibility index (Phi) is 4.07. The first-order valence-electron chi connectivity index (χ1n) is 7.50. The smallest absolute Gasteiger partial charge is 0.265 e. The molecule has 1 aliphatic rings. The van der Waals surface area contributed by atoms with Gasteiger partial charge in [0.2, 0.25) is 0 Å². The molecule has 8 heteroatoms.